The molecule has 1 aliphatic rings. The lowest BCUT2D eigenvalue weighted by Crippen LogP contribution is -2.42. The smallest absolute Gasteiger partial charge is 0.407 e. The van der Waals surface area contributed by atoms with Crippen molar-refractivity contribution in [1.82, 2.24) is 10.6 Å². The Morgan fingerprint density at radius 1 is 0.925 bits per heavy atom. The van der Waals surface area contributed by atoms with Gasteiger partial charge in [0.2, 0.25) is 5.91 Å². The Morgan fingerprint density at radius 3 is 2.15 bits per heavy atom. The number of anilines is 1. The molecule has 1 aliphatic carbocycles. The highest BCUT2D eigenvalue weighted by atomic mass is 35.5. The molecular weight excluding hydrogens is 554 g/mol. The monoisotopic (exact) mass is 591 g/mol. The number of halogens is 1. The number of thiophene rings is 1. The maximum Gasteiger partial charge on any atom is 0.407 e. The van der Waals surface area contributed by atoms with Crippen LogP contribution in [0.3, 0.4) is 0 Å². The van der Waals surface area contributed by atoms with Gasteiger partial charge in [-0.15, -0.1) is 11.3 Å². The van der Waals surface area contributed by atoms with Gasteiger partial charge >= 0.3 is 12.1 Å². The molecule has 0 aliphatic heterocycles. The van der Waals surface area contributed by atoms with E-state index in [4.69, 9.17) is 21.1 Å². The van der Waals surface area contributed by atoms with E-state index in [1.54, 1.807) is 71.9 Å². The van der Waals surface area contributed by atoms with Crippen molar-refractivity contribution in [2.45, 2.75) is 91.0 Å². The first kappa shape index (κ1) is 31.4. The van der Waals surface area contributed by atoms with Gasteiger partial charge in [-0.2, -0.15) is 0 Å². The van der Waals surface area contributed by atoms with Gasteiger partial charge in [-0.25, -0.2) is 9.59 Å². The van der Waals surface area contributed by atoms with Crippen LogP contribution in [0, 0.1) is 5.92 Å². The fourth-order valence-electron chi connectivity index (χ4n) is 4.30. The van der Waals surface area contributed by atoms with Crippen LogP contribution in [-0.4, -0.2) is 41.1 Å². The summed E-state index contributed by atoms with van der Waals surface area (Å²) in [5, 5.41) is 8.66. The Morgan fingerprint density at radius 2 is 1.57 bits per heavy atom. The molecule has 0 unspecified atom stereocenters. The molecule has 1 fully saturated rings. The highest BCUT2D eigenvalue weighted by Crippen LogP contribution is 2.29. The first-order valence-electron chi connectivity index (χ1n) is 13.3. The van der Waals surface area contributed by atoms with Crippen molar-refractivity contribution in [3.8, 4) is 0 Å². The molecule has 0 saturated heterocycles. The van der Waals surface area contributed by atoms with Crippen LogP contribution in [-0.2, 0) is 20.8 Å². The summed E-state index contributed by atoms with van der Waals surface area (Å²) in [4.78, 5) is 51.7. The summed E-state index contributed by atoms with van der Waals surface area (Å²) in [7, 11) is 0. The summed E-state index contributed by atoms with van der Waals surface area (Å²) in [5.74, 6) is -1.43. The number of carbonyl (C=O) groups excluding carboxylic acids is 4. The third-order valence-electron chi connectivity index (χ3n) is 6.07. The predicted molar refractivity (Wildman–Crippen MR) is 156 cm³/mol. The molecule has 11 heteroatoms. The van der Waals surface area contributed by atoms with E-state index in [9.17, 15) is 19.2 Å². The van der Waals surface area contributed by atoms with Crippen molar-refractivity contribution in [3.05, 3.63) is 50.7 Å². The largest absolute Gasteiger partial charge is 0.456 e. The minimum absolute atomic E-state index is 0.0765. The minimum atomic E-state index is -0.736. The number of carbonyl (C=O) groups is 4. The van der Waals surface area contributed by atoms with Crippen LogP contribution < -0.4 is 16.0 Å². The van der Waals surface area contributed by atoms with Crippen molar-refractivity contribution in [2.75, 3.05) is 5.32 Å². The fraction of sp³-hybridized carbons (Fsp3) is 0.517. The number of ether oxygens (including phenoxy) is 2. The van der Waals surface area contributed by atoms with E-state index >= 15 is 0 Å². The standard InChI is InChI=1S/C29H38ClN3O6S/c1-28(2,3)38-26(36)20-9-7-8-18(16-31-25(35)21-14-15-22(30)40-21)23(20)33-24(34)17-10-12-19(13-11-17)32-27(37)39-29(4,5)6/h7-9,14-15,17,19H,10-13,16H2,1-6H3,(H,31,35)(H,32,37)(H,33,34). The third kappa shape index (κ3) is 9.52. The number of nitrogens with one attached hydrogen (secondary N) is 3. The Kier molecular flexibility index (Phi) is 10.2. The molecule has 1 heterocycles. The first-order chi connectivity index (χ1) is 18.6. The summed E-state index contributed by atoms with van der Waals surface area (Å²) in [5.41, 5.74) is -0.250. The summed E-state index contributed by atoms with van der Waals surface area (Å²) in [6, 6.07) is 8.22. The highest BCUT2D eigenvalue weighted by molar-refractivity contribution is 7.18. The lowest BCUT2D eigenvalue weighted by Gasteiger charge is -2.30. The summed E-state index contributed by atoms with van der Waals surface area (Å²) < 4.78 is 11.4. The number of rotatable bonds is 7. The lowest BCUT2D eigenvalue weighted by molar-refractivity contribution is -0.120. The quantitative estimate of drug-likeness (QED) is 0.324. The molecule has 218 valence electrons. The number of para-hydroxylation sites is 1. The van der Waals surface area contributed by atoms with Crippen molar-refractivity contribution in [3.63, 3.8) is 0 Å². The molecule has 2 aromatic rings. The summed E-state index contributed by atoms with van der Waals surface area (Å²) in [6.45, 7) is 10.8. The van der Waals surface area contributed by atoms with Gasteiger partial charge < -0.3 is 25.4 Å². The van der Waals surface area contributed by atoms with E-state index in [0.29, 0.717) is 46.1 Å². The van der Waals surface area contributed by atoms with Gasteiger partial charge in [0.15, 0.2) is 0 Å². The number of amides is 3. The predicted octanol–water partition coefficient (Wildman–Crippen LogP) is 6.31. The zero-order valence-corrected chi connectivity index (χ0v) is 25.4. The molecule has 1 saturated carbocycles. The van der Waals surface area contributed by atoms with Gasteiger partial charge in [-0.05, 0) is 91.0 Å². The van der Waals surface area contributed by atoms with E-state index < -0.39 is 23.3 Å². The van der Waals surface area contributed by atoms with E-state index in [0.717, 1.165) is 11.3 Å². The van der Waals surface area contributed by atoms with Gasteiger partial charge in [0.1, 0.15) is 11.2 Å². The number of alkyl carbamates (subject to hydrolysis) is 1. The van der Waals surface area contributed by atoms with Crippen molar-refractivity contribution in [2.24, 2.45) is 5.92 Å². The zero-order chi connectivity index (χ0) is 29.7. The molecule has 1 aromatic heterocycles. The van der Waals surface area contributed by atoms with E-state index in [2.05, 4.69) is 16.0 Å². The topological polar surface area (TPSA) is 123 Å². The second-order valence-electron chi connectivity index (χ2n) is 11.8. The van der Waals surface area contributed by atoms with E-state index in [1.165, 1.54) is 0 Å². The normalized spacial score (nSPS) is 17.5. The van der Waals surface area contributed by atoms with Gasteiger partial charge in [0.25, 0.3) is 5.91 Å². The van der Waals surface area contributed by atoms with Gasteiger partial charge in [0.05, 0.1) is 20.5 Å². The maximum atomic E-state index is 13.4. The molecule has 0 atom stereocenters. The molecule has 0 bridgehead atoms. The molecule has 9 nitrogen and oxygen atoms in total. The van der Waals surface area contributed by atoms with Crippen molar-refractivity contribution >= 4 is 52.5 Å². The fourth-order valence-corrected chi connectivity index (χ4v) is 5.26. The highest BCUT2D eigenvalue weighted by Gasteiger charge is 2.30. The Balaban J connectivity index is 1.73. The van der Waals surface area contributed by atoms with Crippen molar-refractivity contribution in [1.29, 1.82) is 0 Å². The first-order valence-corrected chi connectivity index (χ1v) is 14.5. The Bertz CT molecular complexity index is 1240. The lowest BCUT2D eigenvalue weighted by atomic mass is 9.85. The van der Waals surface area contributed by atoms with Crippen LogP contribution in [0.5, 0.6) is 0 Å². The van der Waals surface area contributed by atoms with Crippen LogP contribution >= 0.6 is 22.9 Å². The zero-order valence-electron chi connectivity index (χ0n) is 23.8. The average molecular weight is 592 g/mol. The molecule has 3 amide bonds. The molecule has 0 spiro atoms. The molecule has 3 N–H and O–H groups in total. The van der Waals surface area contributed by atoms with Crippen LogP contribution in [0.4, 0.5) is 10.5 Å². The molecule has 0 radical (unpaired) electrons. The van der Waals surface area contributed by atoms with Crippen molar-refractivity contribution < 1.29 is 28.7 Å². The van der Waals surface area contributed by atoms with Crippen LogP contribution in [0.25, 0.3) is 0 Å². The van der Waals surface area contributed by atoms with Gasteiger partial charge in [-0.1, -0.05) is 23.7 Å². The second kappa shape index (κ2) is 13.0. The molecular formula is C29H38ClN3O6S. The molecule has 3 rings (SSSR count). The van der Waals surface area contributed by atoms with Gasteiger partial charge in [-0.3, -0.25) is 9.59 Å². The minimum Gasteiger partial charge on any atom is -0.456 e. The SMILES string of the molecule is CC(C)(C)OC(=O)NC1CCC(C(=O)Nc2c(CNC(=O)c3ccc(Cl)s3)cccc2C(=O)OC(C)(C)C)CC1. The summed E-state index contributed by atoms with van der Waals surface area (Å²) in [6.07, 6.45) is 1.90. The second-order valence-corrected chi connectivity index (χ2v) is 13.5. The van der Waals surface area contributed by atoms with Crippen LogP contribution in [0.15, 0.2) is 30.3 Å². The van der Waals surface area contributed by atoms with E-state index in [1.807, 2.05) is 0 Å². The Hall–Kier alpha value is -3.11. The van der Waals surface area contributed by atoms with Gasteiger partial charge in [0, 0.05) is 18.5 Å². The van der Waals surface area contributed by atoms with Crippen LogP contribution in [0.1, 0.15) is 92.8 Å². The molecule has 40 heavy (non-hydrogen) atoms. The van der Waals surface area contributed by atoms with E-state index in [-0.39, 0.29) is 35.9 Å². The number of hydrogen-bond donors (Lipinski definition) is 3. The maximum absolute atomic E-state index is 13.4. The third-order valence-corrected chi connectivity index (χ3v) is 7.30. The van der Waals surface area contributed by atoms with Crippen LogP contribution in [0.2, 0.25) is 4.34 Å². The Labute approximate surface area is 244 Å². The number of hydrogen-bond acceptors (Lipinski definition) is 7. The number of benzene rings is 1. The molecule has 1 aromatic carbocycles. The average Bonchev–Trinajstić information content (AvgIpc) is 3.27. The summed E-state index contributed by atoms with van der Waals surface area (Å²) >= 11 is 7.12. The number of esters is 1.